The van der Waals surface area contributed by atoms with Crippen molar-refractivity contribution >= 4 is 5.91 Å². The molecule has 0 aliphatic carbocycles. The molecule has 114 valence electrons. The van der Waals surface area contributed by atoms with Gasteiger partial charge in [-0.05, 0) is 6.42 Å². The van der Waals surface area contributed by atoms with Gasteiger partial charge in [-0.3, -0.25) is 10.0 Å². The van der Waals surface area contributed by atoms with Crippen LogP contribution in [0.3, 0.4) is 0 Å². The molecule has 0 aliphatic heterocycles. The summed E-state index contributed by atoms with van der Waals surface area (Å²) >= 11 is 0. The molecule has 0 fully saturated rings. The van der Waals surface area contributed by atoms with E-state index in [4.69, 9.17) is 5.21 Å². The van der Waals surface area contributed by atoms with Gasteiger partial charge in [-0.2, -0.15) is 0 Å². The van der Waals surface area contributed by atoms with E-state index >= 15 is 0 Å². The number of carbonyl (C=O) groups is 1. The van der Waals surface area contributed by atoms with E-state index in [1.54, 1.807) is 5.48 Å². The van der Waals surface area contributed by atoms with Crippen molar-refractivity contribution in [2.45, 2.75) is 96.8 Å². The molecular weight excluding hydrogens is 261 g/mol. The van der Waals surface area contributed by atoms with Gasteiger partial charge in [0.05, 0.1) is 0 Å². The van der Waals surface area contributed by atoms with Gasteiger partial charge < -0.3 is 0 Å². The molecule has 0 bridgehead atoms. The number of nitrogens with one attached hydrogen (secondary N) is 1. The maximum absolute atomic E-state index is 10.8. The van der Waals surface area contributed by atoms with Gasteiger partial charge in [0.1, 0.15) is 0 Å². The van der Waals surface area contributed by atoms with E-state index in [9.17, 15) is 4.79 Å². The normalized spacial score (nSPS) is 10.1. The number of amides is 1. The van der Waals surface area contributed by atoms with Crippen molar-refractivity contribution in [2.24, 2.45) is 0 Å². The molecule has 0 radical (unpaired) electrons. The first-order chi connectivity index (χ1) is 9.31. The first-order valence-corrected chi connectivity index (χ1v) is 8.24. The molecule has 4 heteroatoms. The molecular formula is C16H33NNaO2+. The summed E-state index contributed by atoms with van der Waals surface area (Å²) in [5.74, 6) is -0.261. The average Bonchev–Trinajstić information content (AvgIpc) is 2.43. The second-order valence-corrected chi connectivity index (χ2v) is 5.53. The summed E-state index contributed by atoms with van der Waals surface area (Å²) in [6.45, 7) is 2.26. The monoisotopic (exact) mass is 294 g/mol. The topological polar surface area (TPSA) is 49.3 Å². The van der Waals surface area contributed by atoms with E-state index in [2.05, 4.69) is 6.92 Å². The first kappa shape index (κ1) is 22.7. The second kappa shape index (κ2) is 19.4. The Morgan fingerprint density at radius 1 is 0.750 bits per heavy atom. The molecule has 0 heterocycles. The Kier molecular flexibility index (Phi) is 22.1. The van der Waals surface area contributed by atoms with E-state index in [1.807, 2.05) is 0 Å². The van der Waals surface area contributed by atoms with E-state index < -0.39 is 0 Å². The summed E-state index contributed by atoms with van der Waals surface area (Å²) in [5, 5.41) is 8.33. The van der Waals surface area contributed by atoms with Gasteiger partial charge in [-0.15, -0.1) is 0 Å². The van der Waals surface area contributed by atoms with Crippen LogP contribution in [0.15, 0.2) is 0 Å². The third-order valence-electron chi connectivity index (χ3n) is 3.63. The summed E-state index contributed by atoms with van der Waals surface area (Å²) in [5.41, 5.74) is 1.67. The average molecular weight is 294 g/mol. The molecule has 0 atom stereocenters. The van der Waals surface area contributed by atoms with Crippen LogP contribution in [0.2, 0.25) is 0 Å². The van der Waals surface area contributed by atoms with Crippen LogP contribution < -0.4 is 35.0 Å². The molecule has 0 aromatic carbocycles. The number of hydrogen-bond acceptors (Lipinski definition) is 2. The van der Waals surface area contributed by atoms with Crippen LogP contribution in [-0.4, -0.2) is 11.1 Å². The van der Waals surface area contributed by atoms with Crippen molar-refractivity contribution in [3.05, 3.63) is 0 Å². The van der Waals surface area contributed by atoms with Gasteiger partial charge >= 0.3 is 29.6 Å². The van der Waals surface area contributed by atoms with Gasteiger partial charge in [-0.1, -0.05) is 84.0 Å². The number of unbranched alkanes of at least 4 members (excludes halogenated alkanes) is 12. The molecule has 0 spiro atoms. The Morgan fingerprint density at radius 3 is 1.45 bits per heavy atom. The molecule has 0 rings (SSSR count). The fourth-order valence-corrected chi connectivity index (χ4v) is 2.36. The number of hydrogen-bond donors (Lipinski definition) is 2. The summed E-state index contributed by atoms with van der Waals surface area (Å²) < 4.78 is 0. The Labute approximate surface area is 147 Å². The van der Waals surface area contributed by atoms with Crippen LogP contribution in [0.1, 0.15) is 96.8 Å². The van der Waals surface area contributed by atoms with Crippen molar-refractivity contribution in [2.75, 3.05) is 0 Å². The van der Waals surface area contributed by atoms with Crippen LogP contribution >= 0.6 is 0 Å². The van der Waals surface area contributed by atoms with Crippen LogP contribution in [0, 0.1) is 0 Å². The van der Waals surface area contributed by atoms with Crippen LogP contribution in [0.5, 0.6) is 0 Å². The molecule has 2 N–H and O–H groups in total. The molecule has 0 saturated heterocycles. The zero-order valence-corrected chi connectivity index (χ0v) is 15.8. The molecule has 0 saturated carbocycles. The third kappa shape index (κ3) is 18.4. The van der Waals surface area contributed by atoms with Gasteiger partial charge in [0.2, 0.25) is 5.91 Å². The summed E-state index contributed by atoms with van der Waals surface area (Å²) in [6, 6.07) is 0. The second-order valence-electron chi connectivity index (χ2n) is 5.53. The summed E-state index contributed by atoms with van der Waals surface area (Å²) in [4.78, 5) is 10.8. The Bertz CT molecular complexity index is 201. The molecule has 0 aromatic rings. The number of hydroxylamine groups is 1. The molecule has 0 unspecified atom stereocenters. The van der Waals surface area contributed by atoms with Crippen molar-refractivity contribution < 1.29 is 39.6 Å². The van der Waals surface area contributed by atoms with Gasteiger partial charge in [0.15, 0.2) is 0 Å². The smallest absolute Gasteiger partial charge is 0.289 e. The van der Waals surface area contributed by atoms with E-state index in [-0.39, 0.29) is 35.5 Å². The van der Waals surface area contributed by atoms with Gasteiger partial charge in [-0.25, -0.2) is 5.48 Å². The van der Waals surface area contributed by atoms with Crippen molar-refractivity contribution in [3.63, 3.8) is 0 Å². The van der Waals surface area contributed by atoms with Crippen molar-refractivity contribution in [1.82, 2.24) is 5.48 Å². The fraction of sp³-hybridized carbons (Fsp3) is 0.938. The summed E-state index contributed by atoms with van der Waals surface area (Å²) in [7, 11) is 0. The zero-order chi connectivity index (χ0) is 14.2. The van der Waals surface area contributed by atoms with Gasteiger partial charge in [0.25, 0.3) is 0 Å². The maximum atomic E-state index is 10.8. The van der Waals surface area contributed by atoms with E-state index in [0.29, 0.717) is 6.42 Å². The maximum Gasteiger partial charge on any atom is 1.00 e. The minimum atomic E-state index is -0.261. The molecule has 1 amide bonds. The molecule has 0 aliphatic rings. The van der Waals surface area contributed by atoms with Crippen LogP contribution in [0.25, 0.3) is 0 Å². The quantitative estimate of drug-likeness (QED) is 0.223. The predicted molar refractivity (Wildman–Crippen MR) is 80.2 cm³/mol. The fourth-order valence-electron chi connectivity index (χ4n) is 2.36. The predicted octanol–water partition coefficient (Wildman–Crippen LogP) is 1.98. The van der Waals surface area contributed by atoms with Crippen LogP contribution in [0.4, 0.5) is 0 Å². The van der Waals surface area contributed by atoms with Gasteiger partial charge in [0, 0.05) is 6.42 Å². The largest absolute Gasteiger partial charge is 1.00 e. The van der Waals surface area contributed by atoms with Crippen molar-refractivity contribution in [3.8, 4) is 0 Å². The standard InChI is InChI=1S/C16H33NO2.Na/c1-2-3-4-5-6-7-8-9-10-11-12-13-14-15-16(18)17-19;/h19H,2-15H2,1H3,(H,17,18);/q;+1. The minimum absolute atomic E-state index is 0. The zero-order valence-electron chi connectivity index (χ0n) is 13.8. The minimum Gasteiger partial charge on any atom is -0.289 e. The SMILES string of the molecule is CCCCCCCCCCCCCCCC(=O)NO.[Na+]. The van der Waals surface area contributed by atoms with E-state index in [0.717, 1.165) is 12.8 Å². The number of rotatable bonds is 14. The van der Waals surface area contributed by atoms with Crippen LogP contribution in [-0.2, 0) is 4.79 Å². The van der Waals surface area contributed by atoms with Crippen molar-refractivity contribution in [1.29, 1.82) is 0 Å². The molecule has 20 heavy (non-hydrogen) atoms. The number of carbonyl (C=O) groups excluding carboxylic acids is 1. The Hall–Kier alpha value is 0.430. The Balaban J connectivity index is 0. The third-order valence-corrected chi connectivity index (χ3v) is 3.63. The first-order valence-electron chi connectivity index (χ1n) is 8.24. The summed E-state index contributed by atoms with van der Waals surface area (Å²) in [6.07, 6.45) is 17.4. The van der Waals surface area contributed by atoms with E-state index in [1.165, 1.54) is 70.6 Å². The molecule has 0 aromatic heterocycles. The Morgan fingerprint density at radius 2 is 1.10 bits per heavy atom. The molecule has 3 nitrogen and oxygen atoms in total.